The number of fused-ring (bicyclic) bond motifs is 8. The van der Waals surface area contributed by atoms with Crippen molar-refractivity contribution in [3.63, 3.8) is 0 Å². The molecule has 0 saturated heterocycles. The van der Waals surface area contributed by atoms with Crippen LogP contribution in [0.2, 0.25) is 40.2 Å². The lowest BCUT2D eigenvalue weighted by Gasteiger charge is -2.11. The Morgan fingerprint density at radius 1 is 0.300 bits per heavy atom. The predicted molar refractivity (Wildman–Crippen MR) is 271 cm³/mol. The Bertz CT molecular complexity index is 2760. The highest BCUT2D eigenvalue weighted by Gasteiger charge is 2.28. The average molecular weight is 1210 g/mol. The molecule has 4 aromatic carbocycles. The molecule has 0 atom stereocenters. The molecule has 2 N–H and O–H groups in total. The Morgan fingerprint density at radius 2 is 0.483 bits per heavy atom. The van der Waals surface area contributed by atoms with Crippen LogP contribution in [0.4, 0.5) is 0 Å². The molecule has 0 saturated carbocycles. The van der Waals surface area contributed by atoms with Crippen LogP contribution >= 0.6 is 157 Å². The van der Waals surface area contributed by atoms with Crippen LogP contribution in [-0.4, -0.2) is 19.9 Å². The van der Waals surface area contributed by atoms with Crippen LogP contribution in [0.3, 0.4) is 0 Å². The minimum atomic E-state index is 0.400. The molecule has 5 heterocycles. The van der Waals surface area contributed by atoms with Crippen molar-refractivity contribution in [2.45, 2.75) is 0 Å². The fourth-order valence-electron chi connectivity index (χ4n) is 7.35. The fourth-order valence-corrected chi connectivity index (χ4v) is 11.7. The van der Waals surface area contributed by atoms with Gasteiger partial charge in [-0.3, -0.25) is 0 Å². The van der Waals surface area contributed by atoms with E-state index in [0.29, 0.717) is 147 Å². The molecule has 0 aliphatic carbocycles. The summed E-state index contributed by atoms with van der Waals surface area (Å²) in [6, 6.07) is 21.3. The molecule has 0 amide bonds. The highest BCUT2D eigenvalue weighted by atomic mass is 79.9. The summed E-state index contributed by atoms with van der Waals surface area (Å²) in [7, 11) is 0. The molecule has 2 aliphatic heterocycles. The maximum atomic E-state index is 7.04. The summed E-state index contributed by atoms with van der Waals surface area (Å²) in [4.78, 5) is 18.0. The van der Waals surface area contributed by atoms with E-state index in [2.05, 4.69) is 73.7 Å². The summed E-state index contributed by atoms with van der Waals surface area (Å²) >= 11 is 71.9. The number of nitrogens with one attached hydrogen (secondary N) is 2. The van der Waals surface area contributed by atoms with Gasteiger partial charge in [0.25, 0.3) is 0 Å². The third kappa shape index (κ3) is 7.25. The molecule has 9 rings (SSSR count). The zero-order valence-corrected chi connectivity index (χ0v) is 42.1. The van der Waals surface area contributed by atoms with Gasteiger partial charge in [0.2, 0.25) is 0 Å². The van der Waals surface area contributed by atoms with Crippen LogP contribution in [0, 0.1) is 0 Å². The predicted octanol–water partition coefficient (Wildman–Crippen LogP) is 19.6. The maximum Gasteiger partial charge on any atom is 0.0738 e. The van der Waals surface area contributed by atoms with E-state index in [1.54, 1.807) is 72.8 Å². The summed E-state index contributed by atoms with van der Waals surface area (Å²) in [5.41, 5.74) is 8.98. The van der Waals surface area contributed by atoms with Crippen LogP contribution in [0.5, 0.6) is 0 Å². The van der Waals surface area contributed by atoms with Gasteiger partial charge in [0.15, 0.2) is 0 Å². The first-order chi connectivity index (χ1) is 28.8. The Kier molecular flexibility index (Phi) is 12.2. The van der Waals surface area contributed by atoms with Crippen LogP contribution in [0.1, 0.15) is 22.8 Å². The Hall–Kier alpha value is -2.28. The highest BCUT2D eigenvalue weighted by molar-refractivity contribution is 9.13. The molecule has 60 heavy (non-hydrogen) atoms. The van der Waals surface area contributed by atoms with E-state index < -0.39 is 0 Å². The van der Waals surface area contributed by atoms with Crippen molar-refractivity contribution >= 4 is 203 Å². The van der Waals surface area contributed by atoms with Crippen LogP contribution in [-0.2, 0) is 0 Å². The number of benzene rings is 4. The normalized spacial score (nSPS) is 12.2. The van der Waals surface area contributed by atoms with Crippen molar-refractivity contribution in [2.24, 2.45) is 0 Å². The number of hydrogen-bond acceptors (Lipinski definition) is 2. The Labute approximate surface area is 416 Å². The van der Waals surface area contributed by atoms with Gasteiger partial charge in [0, 0.05) is 44.5 Å². The van der Waals surface area contributed by atoms with Crippen molar-refractivity contribution < 1.29 is 0 Å². The first kappa shape index (κ1) is 43.0. The minimum Gasteiger partial charge on any atom is -0.352 e. The van der Waals surface area contributed by atoms with E-state index in [9.17, 15) is 0 Å². The first-order valence-corrected chi connectivity index (χ1v) is 23.7. The second kappa shape index (κ2) is 17.0. The largest absolute Gasteiger partial charge is 0.352 e. The molecular weight excluding hydrogens is 1190 g/mol. The fraction of sp³-hybridized carbons (Fsp3) is 0. The molecule has 3 aromatic heterocycles. The molecule has 2 aliphatic rings. The molecule has 0 radical (unpaired) electrons. The lowest BCUT2D eigenvalue weighted by molar-refractivity contribution is 1.31. The van der Waals surface area contributed by atoms with Gasteiger partial charge in [-0.1, -0.05) is 117 Å². The van der Waals surface area contributed by atoms with Crippen molar-refractivity contribution in [1.82, 2.24) is 19.9 Å². The van der Waals surface area contributed by atoms with Gasteiger partial charge in [-0.25, -0.2) is 9.97 Å². The summed E-state index contributed by atoms with van der Waals surface area (Å²) in [6.45, 7) is 0. The smallest absolute Gasteiger partial charge is 0.0738 e. The van der Waals surface area contributed by atoms with Gasteiger partial charge in [-0.2, -0.15) is 0 Å². The quantitative estimate of drug-likeness (QED) is 0.184. The minimum absolute atomic E-state index is 0.400. The van der Waals surface area contributed by atoms with Gasteiger partial charge >= 0.3 is 0 Å². The van der Waals surface area contributed by atoms with E-state index >= 15 is 0 Å². The summed E-state index contributed by atoms with van der Waals surface area (Å²) in [6.07, 6.45) is 7.56. The zero-order valence-electron chi connectivity index (χ0n) is 29.7. The van der Waals surface area contributed by atoms with E-state index in [4.69, 9.17) is 103 Å². The van der Waals surface area contributed by atoms with Crippen LogP contribution < -0.4 is 0 Å². The third-order valence-corrected chi connectivity index (χ3v) is 16.7. The van der Waals surface area contributed by atoms with Crippen molar-refractivity contribution in [3.05, 3.63) is 154 Å². The zero-order chi connectivity index (χ0) is 42.3. The molecule has 0 fully saturated rings. The third-order valence-electron chi connectivity index (χ3n) is 9.92. The first-order valence-electron chi connectivity index (χ1n) is 17.5. The average Bonchev–Trinajstić information content (AvgIpc) is 4.00. The number of aromatic nitrogens is 4. The van der Waals surface area contributed by atoms with E-state index in [1.165, 1.54) is 0 Å². The number of halogens is 12. The number of hydrogen-bond donors (Lipinski definition) is 2. The molecule has 4 nitrogen and oxygen atoms in total. The second-order valence-electron chi connectivity index (χ2n) is 13.3. The number of aromatic amines is 2. The summed E-state index contributed by atoms with van der Waals surface area (Å²) in [5, 5.41) is 3.20. The summed E-state index contributed by atoms with van der Waals surface area (Å²) < 4.78 is 2.55. The van der Waals surface area contributed by atoms with Crippen LogP contribution in [0.25, 0.3) is 90.9 Å². The highest BCUT2D eigenvalue weighted by Crippen LogP contribution is 2.51. The van der Waals surface area contributed by atoms with Crippen molar-refractivity contribution in [2.75, 3.05) is 0 Å². The van der Waals surface area contributed by atoms with Gasteiger partial charge in [0.1, 0.15) is 0 Å². The van der Waals surface area contributed by atoms with Gasteiger partial charge in [0.05, 0.1) is 103 Å². The SMILES string of the molecule is Clc1cccc(Cl)c1-c1c2nc(c(-c3c(Cl)cccc3Cl)c3[nH]c(c(Br)c3Br)c(-c3c(Cl)cccc3Cl)c3nc(c(-c4c(Cl)cccc4Cl)c4[nH]c1c(Br)c4Br)C=C3)C=C2. The number of nitrogens with zero attached hydrogens (tertiary/aromatic N) is 2. The van der Waals surface area contributed by atoms with Gasteiger partial charge in [-0.15, -0.1) is 0 Å². The molecular formula is C44H18Br4Cl8N4. The van der Waals surface area contributed by atoms with Crippen molar-refractivity contribution in [1.29, 1.82) is 0 Å². The second-order valence-corrected chi connectivity index (χ2v) is 19.8. The molecule has 7 aromatic rings. The maximum absolute atomic E-state index is 7.04. The standard InChI is InChI=1S/C44H18Br4Cl8N4/c45-37-38(46)42-35(31-21(53)9-3-10-22(31)54)27-15-16-28(58-27)36(32-23(55)11-4-12-24(32)56)44-40(48)39(47)43(60-44)34(30-19(51)7-2-8-20(30)52)26-14-13-25(57-26)33(41(37)59-42)29-17(49)5-1-6-18(29)50/h1-16,59-60H. The Balaban J connectivity index is 1.63. The van der Waals surface area contributed by atoms with E-state index in [-0.39, 0.29) is 0 Å². The van der Waals surface area contributed by atoms with E-state index in [0.717, 1.165) is 0 Å². The van der Waals surface area contributed by atoms with Crippen molar-refractivity contribution in [3.8, 4) is 44.5 Å². The van der Waals surface area contributed by atoms with Gasteiger partial charge in [-0.05, 0) is 137 Å². The number of rotatable bonds is 4. The lowest BCUT2D eigenvalue weighted by atomic mass is 10.0. The Morgan fingerprint density at radius 3 is 0.667 bits per heavy atom. The molecule has 0 spiro atoms. The number of H-pyrrole nitrogens is 2. The monoisotopic (exact) mass is 1200 g/mol. The molecule has 8 bridgehead atoms. The molecule has 16 heteroatoms. The lowest BCUT2D eigenvalue weighted by Crippen LogP contribution is -1.92. The van der Waals surface area contributed by atoms with Crippen LogP contribution in [0.15, 0.2) is 90.7 Å². The topological polar surface area (TPSA) is 57.4 Å². The molecule has 0 unspecified atom stereocenters. The van der Waals surface area contributed by atoms with E-state index in [1.807, 2.05) is 24.3 Å². The summed E-state index contributed by atoms with van der Waals surface area (Å²) in [5.74, 6) is 0. The van der Waals surface area contributed by atoms with Gasteiger partial charge < -0.3 is 9.97 Å². The molecule has 298 valence electrons.